The first kappa shape index (κ1) is 12.1. The van der Waals surface area contributed by atoms with Gasteiger partial charge in [-0.1, -0.05) is 5.57 Å². The summed E-state index contributed by atoms with van der Waals surface area (Å²) < 4.78 is 20.9. The molecule has 1 amide bonds. The SMILES string of the molecule is CC(C)=CC(=O)NCCS(N)(=O)=O. The summed E-state index contributed by atoms with van der Waals surface area (Å²) in [6.07, 6.45) is 1.39. The molecule has 0 rings (SSSR count). The number of hydrogen-bond acceptors (Lipinski definition) is 3. The molecule has 0 aromatic carbocycles. The van der Waals surface area contributed by atoms with Crippen LogP contribution in [0.2, 0.25) is 0 Å². The summed E-state index contributed by atoms with van der Waals surface area (Å²) in [5.41, 5.74) is 0.855. The molecule has 0 bridgehead atoms. The van der Waals surface area contributed by atoms with Crippen molar-refractivity contribution in [2.45, 2.75) is 13.8 Å². The van der Waals surface area contributed by atoms with Crippen LogP contribution in [0.1, 0.15) is 13.8 Å². The fourth-order valence-electron chi connectivity index (χ4n) is 0.630. The van der Waals surface area contributed by atoms with E-state index < -0.39 is 10.0 Å². The number of amides is 1. The van der Waals surface area contributed by atoms with Crippen molar-refractivity contribution in [2.24, 2.45) is 5.14 Å². The predicted octanol–water partition coefficient (Wildman–Crippen LogP) is -0.643. The van der Waals surface area contributed by atoms with Crippen LogP contribution >= 0.6 is 0 Å². The van der Waals surface area contributed by atoms with Gasteiger partial charge in [-0.2, -0.15) is 0 Å². The van der Waals surface area contributed by atoms with Crippen molar-refractivity contribution >= 4 is 15.9 Å². The molecule has 0 saturated heterocycles. The highest BCUT2D eigenvalue weighted by molar-refractivity contribution is 7.89. The molecule has 3 N–H and O–H groups in total. The molecule has 0 heterocycles. The van der Waals surface area contributed by atoms with Crippen molar-refractivity contribution in [3.05, 3.63) is 11.6 Å². The van der Waals surface area contributed by atoms with Gasteiger partial charge in [-0.05, 0) is 13.8 Å². The van der Waals surface area contributed by atoms with Gasteiger partial charge < -0.3 is 5.32 Å². The Kier molecular flexibility index (Phi) is 4.64. The summed E-state index contributed by atoms with van der Waals surface area (Å²) in [6, 6.07) is 0. The summed E-state index contributed by atoms with van der Waals surface area (Å²) in [5.74, 6) is -0.543. The number of carbonyl (C=O) groups is 1. The van der Waals surface area contributed by atoms with Gasteiger partial charge in [-0.25, -0.2) is 13.6 Å². The van der Waals surface area contributed by atoms with E-state index >= 15 is 0 Å². The van der Waals surface area contributed by atoms with Gasteiger partial charge in [0.25, 0.3) is 0 Å². The Morgan fingerprint density at radius 2 is 2.00 bits per heavy atom. The Morgan fingerprint density at radius 1 is 1.46 bits per heavy atom. The number of allylic oxidation sites excluding steroid dienone is 1. The van der Waals surface area contributed by atoms with Gasteiger partial charge in [0.2, 0.25) is 15.9 Å². The third kappa shape index (κ3) is 9.03. The molecule has 0 aromatic rings. The molecule has 0 fully saturated rings. The van der Waals surface area contributed by atoms with E-state index in [4.69, 9.17) is 5.14 Å². The molecule has 0 atom stereocenters. The monoisotopic (exact) mass is 206 g/mol. The van der Waals surface area contributed by atoms with E-state index in [-0.39, 0.29) is 18.2 Å². The first-order valence-corrected chi connectivity index (χ1v) is 5.46. The maximum atomic E-state index is 10.9. The van der Waals surface area contributed by atoms with Gasteiger partial charge in [0.05, 0.1) is 5.75 Å². The molecule has 6 heteroatoms. The summed E-state index contributed by atoms with van der Waals surface area (Å²) >= 11 is 0. The zero-order chi connectivity index (χ0) is 10.5. The molecule has 0 unspecified atom stereocenters. The Morgan fingerprint density at radius 3 is 2.38 bits per heavy atom. The minimum atomic E-state index is -3.48. The van der Waals surface area contributed by atoms with Gasteiger partial charge in [0.15, 0.2) is 0 Å². The highest BCUT2D eigenvalue weighted by Crippen LogP contribution is 1.86. The van der Waals surface area contributed by atoms with Crippen LogP contribution in [0.25, 0.3) is 0 Å². The van der Waals surface area contributed by atoms with Gasteiger partial charge >= 0.3 is 0 Å². The zero-order valence-electron chi connectivity index (χ0n) is 7.70. The zero-order valence-corrected chi connectivity index (χ0v) is 8.52. The van der Waals surface area contributed by atoms with E-state index in [1.807, 2.05) is 0 Å². The van der Waals surface area contributed by atoms with Gasteiger partial charge in [-0.15, -0.1) is 0 Å². The summed E-state index contributed by atoms with van der Waals surface area (Å²) in [4.78, 5) is 10.9. The maximum Gasteiger partial charge on any atom is 0.243 e. The van der Waals surface area contributed by atoms with E-state index in [0.29, 0.717) is 0 Å². The largest absolute Gasteiger partial charge is 0.351 e. The number of carbonyl (C=O) groups excluding carboxylic acids is 1. The van der Waals surface area contributed by atoms with Crippen LogP contribution in [0.15, 0.2) is 11.6 Å². The Bertz CT molecular complexity index is 302. The topological polar surface area (TPSA) is 89.3 Å². The smallest absolute Gasteiger partial charge is 0.243 e. The number of sulfonamides is 1. The third-order valence-corrected chi connectivity index (χ3v) is 1.88. The van der Waals surface area contributed by atoms with Gasteiger partial charge in [0, 0.05) is 12.6 Å². The molecule has 0 spiro atoms. The lowest BCUT2D eigenvalue weighted by atomic mass is 10.3. The number of nitrogens with one attached hydrogen (secondary N) is 1. The number of hydrogen-bond donors (Lipinski definition) is 2. The van der Waals surface area contributed by atoms with E-state index in [2.05, 4.69) is 5.32 Å². The molecule has 5 nitrogen and oxygen atoms in total. The van der Waals surface area contributed by atoms with Crippen LogP contribution in [0, 0.1) is 0 Å². The summed E-state index contributed by atoms with van der Waals surface area (Å²) in [7, 11) is -3.48. The van der Waals surface area contributed by atoms with Crippen molar-refractivity contribution in [1.29, 1.82) is 0 Å². The average molecular weight is 206 g/mol. The predicted molar refractivity (Wildman–Crippen MR) is 50.4 cm³/mol. The highest BCUT2D eigenvalue weighted by atomic mass is 32.2. The summed E-state index contributed by atoms with van der Waals surface area (Å²) in [5, 5.41) is 7.12. The normalized spacial score (nSPS) is 10.7. The third-order valence-electron chi connectivity index (χ3n) is 1.11. The minimum absolute atomic E-state index is 0.0431. The molecule has 0 aromatic heterocycles. The van der Waals surface area contributed by atoms with Crippen molar-refractivity contribution in [3.63, 3.8) is 0 Å². The number of primary sulfonamides is 1. The Hall–Kier alpha value is -0.880. The van der Waals surface area contributed by atoms with E-state index in [9.17, 15) is 13.2 Å². The molecule has 0 aliphatic carbocycles. The molecular weight excluding hydrogens is 192 g/mol. The van der Waals surface area contributed by atoms with Crippen LogP contribution in [0.3, 0.4) is 0 Å². The Balaban J connectivity index is 3.80. The van der Waals surface area contributed by atoms with Crippen LogP contribution in [-0.4, -0.2) is 26.6 Å². The van der Waals surface area contributed by atoms with Crippen molar-refractivity contribution < 1.29 is 13.2 Å². The van der Waals surface area contributed by atoms with Gasteiger partial charge in [-0.3, -0.25) is 4.79 Å². The van der Waals surface area contributed by atoms with E-state index in [0.717, 1.165) is 5.57 Å². The lowest BCUT2D eigenvalue weighted by Gasteiger charge is -2.00. The second kappa shape index (κ2) is 4.98. The van der Waals surface area contributed by atoms with Crippen molar-refractivity contribution in [1.82, 2.24) is 5.32 Å². The molecular formula is C7H14N2O3S. The standard InChI is InChI=1S/C7H14N2O3S/c1-6(2)5-7(10)9-3-4-13(8,11)12/h5H,3-4H2,1-2H3,(H,9,10)(H2,8,11,12). The molecule has 0 saturated carbocycles. The lowest BCUT2D eigenvalue weighted by Crippen LogP contribution is -2.30. The van der Waals surface area contributed by atoms with Crippen LogP contribution in [-0.2, 0) is 14.8 Å². The molecule has 0 aliphatic heterocycles. The van der Waals surface area contributed by atoms with Crippen molar-refractivity contribution in [2.75, 3.05) is 12.3 Å². The fraction of sp³-hybridized carbons (Fsp3) is 0.571. The first-order valence-electron chi connectivity index (χ1n) is 3.74. The number of nitrogens with two attached hydrogens (primary N) is 1. The Labute approximate surface area is 78.1 Å². The second-order valence-corrected chi connectivity index (χ2v) is 4.61. The fourth-order valence-corrected chi connectivity index (χ4v) is 1.02. The molecule has 0 aliphatic rings. The van der Waals surface area contributed by atoms with Crippen LogP contribution in [0.4, 0.5) is 0 Å². The van der Waals surface area contributed by atoms with Crippen LogP contribution in [0.5, 0.6) is 0 Å². The van der Waals surface area contributed by atoms with Crippen LogP contribution < -0.4 is 10.5 Å². The van der Waals surface area contributed by atoms with E-state index in [1.165, 1.54) is 6.08 Å². The number of rotatable bonds is 4. The quantitative estimate of drug-likeness (QED) is 0.599. The molecule has 0 radical (unpaired) electrons. The molecule has 76 valence electrons. The minimum Gasteiger partial charge on any atom is -0.351 e. The molecule has 13 heavy (non-hydrogen) atoms. The average Bonchev–Trinajstić information content (AvgIpc) is 1.81. The highest BCUT2D eigenvalue weighted by Gasteiger charge is 2.02. The van der Waals surface area contributed by atoms with Gasteiger partial charge in [0.1, 0.15) is 0 Å². The summed E-state index contributed by atoms with van der Waals surface area (Å²) in [6.45, 7) is 3.60. The lowest BCUT2D eigenvalue weighted by molar-refractivity contribution is -0.116. The van der Waals surface area contributed by atoms with Crippen molar-refractivity contribution in [3.8, 4) is 0 Å². The first-order chi connectivity index (χ1) is 5.81. The maximum absolute atomic E-state index is 10.9. The van der Waals surface area contributed by atoms with E-state index in [1.54, 1.807) is 13.8 Å². The second-order valence-electron chi connectivity index (χ2n) is 2.88.